The Morgan fingerprint density at radius 2 is 1.93 bits per heavy atom. The molecule has 28 heavy (non-hydrogen) atoms. The zero-order valence-electron chi connectivity index (χ0n) is 16.1. The van der Waals surface area contributed by atoms with Crippen molar-refractivity contribution in [3.05, 3.63) is 54.0 Å². The Morgan fingerprint density at radius 3 is 2.71 bits per heavy atom. The lowest BCUT2D eigenvalue weighted by atomic mass is 9.92. The number of nitrogens with zero attached hydrogens (tertiary/aromatic N) is 2. The topological polar surface area (TPSA) is 47.7 Å². The summed E-state index contributed by atoms with van der Waals surface area (Å²) in [6.07, 6.45) is 2.95. The van der Waals surface area contributed by atoms with Crippen LogP contribution >= 0.6 is 0 Å². The van der Waals surface area contributed by atoms with Crippen LogP contribution < -0.4 is 9.47 Å². The zero-order chi connectivity index (χ0) is 19.3. The van der Waals surface area contributed by atoms with Crippen LogP contribution in [0.15, 0.2) is 47.0 Å². The van der Waals surface area contributed by atoms with Crippen molar-refractivity contribution in [1.29, 1.82) is 0 Å². The first-order valence-corrected chi connectivity index (χ1v) is 9.77. The normalized spacial score (nSPS) is 15.8. The number of aromatic nitrogens is 1. The summed E-state index contributed by atoms with van der Waals surface area (Å²) in [5.41, 5.74) is 0.729. The van der Waals surface area contributed by atoms with Gasteiger partial charge < -0.3 is 18.9 Å². The largest absolute Gasteiger partial charge is 0.493 e. The lowest BCUT2D eigenvalue weighted by Crippen LogP contribution is -2.34. The quantitative estimate of drug-likeness (QED) is 0.556. The van der Waals surface area contributed by atoms with Gasteiger partial charge >= 0.3 is 0 Å². The summed E-state index contributed by atoms with van der Waals surface area (Å²) >= 11 is 0. The summed E-state index contributed by atoms with van der Waals surface area (Å²) in [6.45, 7) is 3.65. The molecule has 2 aromatic carbocycles. The van der Waals surface area contributed by atoms with Crippen molar-refractivity contribution < 1.29 is 18.4 Å². The summed E-state index contributed by atoms with van der Waals surface area (Å²) in [5, 5.41) is 4.88. The van der Waals surface area contributed by atoms with Crippen LogP contribution in [0, 0.1) is 5.82 Å². The van der Waals surface area contributed by atoms with Gasteiger partial charge in [-0.05, 0) is 62.7 Å². The van der Waals surface area contributed by atoms with E-state index in [1.165, 1.54) is 12.1 Å². The Kier molecular flexibility index (Phi) is 5.76. The third-order valence-electron chi connectivity index (χ3n) is 5.37. The van der Waals surface area contributed by atoms with E-state index in [1.807, 2.05) is 24.3 Å². The molecule has 2 heterocycles. The fourth-order valence-electron chi connectivity index (χ4n) is 3.85. The van der Waals surface area contributed by atoms with Gasteiger partial charge in [0.15, 0.2) is 11.5 Å². The molecular formula is C22H25FN2O3. The second kappa shape index (κ2) is 8.61. The summed E-state index contributed by atoms with van der Waals surface area (Å²) in [6, 6.07) is 12.3. The maximum Gasteiger partial charge on any atom is 0.161 e. The molecule has 148 valence electrons. The maximum atomic E-state index is 13.6. The van der Waals surface area contributed by atoms with Crippen LogP contribution in [0.4, 0.5) is 4.39 Å². The second-order valence-electron chi connectivity index (χ2n) is 7.18. The molecule has 0 radical (unpaired) electrons. The molecule has 3 aromatic rings. The Labute approximate surface area is 164 Å². The average Bonchev–Trinajstić information content (AvgIpc) is 3.15. The third kappa shape index (κ3) is 4.12. The number of para-hydroxylation sites is 2. The maximum absolute atomic E-state index is 13.6. The van der Waals surface area contributed by atoms with E-state index in [9.17, 15) is 4.39 Å². The number of hydrogen-bond donors (Lipinski definition) is 0. The van der Waals surface area contributed by atoms with Crippen LogP contribution in [0.2, 0.25) is 0 Å². The number of likely N-dealkylation sites (tertiary alicyclic amines) is 1. The van der Waals surface area contributed by atoms with Gasteiger partial charge in [-0.2, -0.15) is 0 Å². The second-order valence-corrected chi connectivity index (χ2v) is 7.18. The number of halogens is 1. The van der Waals surface area contributed by atoms with Gasteiger partial charge in [0.1, 0.15) is 17.1 Å². The van der Waals surface area contributed by atoms with Crippen molar-refractivity contribution in [2.24, 2.45) is 0 Å². The SMILES string of the molecule is COc1ccccc1OCCCN1CCC(c2onc3ccc(F)cc23)CC1. The van der Waals surface area contributed by atoms with Crippen molar-refractivity contribution in [3.8, 4) is 11.5 Å². The molecule has 6 heteroatoms. The minimum absolute atomic E-state index is 0.246. The van der Waals surface area contributed by atoms with Gasteiger partial charge in [0.05, 0.1) is 13.7 Å². The standard InChI is InChI=1S/C22H25FN2O3/c1-26-20-5-2-3-6-21(20)27-14-4-11-25-12-9-16(10-13-25)22-18-15-17(23)7-8-19(18)24-28-22/h2-3,5-8,15-16H,4,9-14H2,1H3. The minimum Gasteiger partial charge on any atom is -0.493 e. The van der Waals surface area contributed by atoms with Crippen LogP contribution in [-0.4, -0.2) is 43.4 Å². The minimum atomic E-state index is -0.246. The van der Waals surface area contributed by atoms with Crippen molar-refractivity contribution in [3.63, 3.8) is 0 Å². The van der Waals surface area contributed by atoms with E-state index in [0.29, 0.717) is 12.5 Å². The number of rotatable bonds is 7. The van der Waals surface area contributed by atoms with E-state index in [4.69, 9.17) is 14.0 Å². The van der Waals surface area contributed by atoms with E-state index in [1.54, 1.807) is 13.2 Å². The summed E-state index contributed by atoms with van der Waals surface area (Å²) in [4.78, 5) is 2.45. The number of benzene rings is 2. The first kappa shape index (κ1) is 18.7. The van der Waals surface area contributed by atoms with Crippen molar-refractivity contribution >= 4 is 10.9 Å². The molecule has 0 aliphatic carbocycles. The highest BCUT2D eigenvalue weighted by atomic mass is 19.1. The van der Waals surface area contributed by atoms with Gasteiger partial charge in [-0.25, -0.2) is 4.39 Å². The number of hydrogen-bond acceptors (Lipinski definition) is 5. The van der Waals surface area contributed by atoms with E-state index >= 15 is 0 Å². The van der Waals surface area contributed by atoms with Crippen LogP contribution in [0.5, 0.6) is 11.5 Å². The van der Waals surface area contributed by atoms with Gasteiger partial charge in [-0.3, -0.25) is 0 Å². The molecule has 5 nitrogen and oxygen atoms in total. The molecule has 1 aliphatic heterocycles. The highest BCUT2D eigenvalue weighted by Gasteiger charge is 2.25. The predicted octanol–water partition coefficient (Wildman–Crippen LogP) is 4.62. The summed E-state index contributed by atoms with van der Waals surface area (Å²) in [7, 11) is 1.65. The Bertz CT molecular complexity index is 919. The molecule has 1 aliphatic rings. The lowest BCUT2D eigenvalue weighted by Gasteiger charge is -2.30. The molecule has 0 saturated carbocycles. The Balaban J connectivity index is 1.25. The smallest absolute Gasteiger partial charge is 0.161 e. The molecule has 0 spiro atoms. The van der Waals surface area contributed by atoms with E-state index < -0.39 is 0 Å². The van der Waals surface area contributed by atoms with Crippen LogP contribution in [0.25, 0.3) is 10.9 Å². The molecule has 4 rings (SSSR count). The van der Waals surface area contributed by atoms with Gasteiger partial charge in [0, 0.05) is 17.8 Å². The van der Waals surface area contributed by atoms with Gasteiger partial charge in [0.2, 0.25) is 0 Å². The highest BCUT2D eigenvalue weighted by molar-refractivity contribution is 5.80. The zero-order valence-corrected chi connectivity index (χ0v) is 16.1. The Hall–Kier alpha value is -2.60. The molecule has 1 aromatic heterocycles. The first-order chi connectivity index (χ1) is 13.7. The van der Waals surface area contributed by atoms with Crippen LogP contribution in [-0.2, 0) is 0 Å². The van der Waals surface area contributed by atoms with Crippen LogP contribution in [0.1, 0.15) is 30.9 Å². The van der Waals surface area contributed by atoms with E-state index in [2.05, 4.69) is 10.1 Å². The number of methoxy groups -OCH3 is 1. The molecule has 1 saturated heterocycles. The lowest BCUT2D eigenvalue weighted by molar-refractivity contribution is 0.181. The fraction of sp³-hybridized carbons (Fsp3) is 0.409. The van der Waals surface area contributed by atoms with E-state index in [0.717, 1.165) is 67.1 Å². The van der Waals surface area contributed by atoms with Crippen molar-refractivity contribution in [2.45, 2.75) is 25.2 Å². The first-order valence-electron chi connectivity index (χ1n) is 9.77. The number of ether oxygens (including phenoxy) is 2. The van der Waals surface area contributed by atoms with Crippen molar-refractivity contribution in [2.75, 3.05) is 33.4 Å². The molecule has 0 unspecified atom stereocenters. The molecule has 0 atom stereocenters. The number of piperidine rings is 1. The van der Waals surface area contributed by atoms with Gasteiger partial charge in [-0.15, -0.1) is 0 Å². The molecule has 0 N–H and O–H groups in total. The average molecular weight is 384 g/mol. The fourth-order valence-corrected chi connectivity index (χ4v) is 3.85. The monoisotopic (exact) mass is 384 g/mol. The predicted molar refractivity (Wildman–Crippen MR) is 105 cm³/mol. The summed E-state index contributed by atoms with van der Waals surface area (Å²) in [5.74, 6) is 2.43. The molecule has 1 fully saturated rings. The Morgan fingerprint density at radius 1 is 1.14 bits per heavy atom. The highest BCUT2D eigenvalue weighted by Crippen LogP contribution is 2.33. The number of fused-ring (bicyclic) bond motifs is 1. The van der Waals surface area contributed by atoms with Gasteiger partial charge in [-0.1, -0.05) is 17.3 Å². The third-order valence-corrected chi connectivity index (χ3v) is 5.37. The molecular weight excluding hydrogens is 359 g/mol. The van der Waals surface area contributed by atoms with E-state index in [-0.39, 0.29) is 5.82 Å². The summed E-state index contributed by atoms with van der Waals surface area (Å²) < 4.78 is 30.3. The van der Waals surface area contributed by atoms with Gasteiger partial charge in [0.25, 0.3) is 0 Å². The molecule has 0 amide bonds. The van der Waals surface area contributed by atoms with Crippen LogP contribution in [0.3, 0.4) is 0 Å². The molecule has 0 bridgehead atoms. The van der Waals surface area contributed by atoms with Crippen molar-refractivity contribution in [1.82, 2.24) is 10.1 Å².